The fourth-order valence-corrected chi connectivity index (χ4v) is 4.14. The second-order valence-electron chi connectivity index (χ2n) is 7.23. The van der Waals surface area contributed by atoms with Gasteiger partial charge >= 0.3 is 0 Å². The molecule has 3 rings (SSSR count). The number of morpholine rings is 1. The van der Waals surface area contributed by atoms with Crippen LogP contribution in [0.3, 0.4) is 0 Å². The smallest absolute Gasteiger partial charge is 0.254 e. The lowest BCUT2D eigenvalue weighted by Crippen LogP contribution is -2.40. The first-order chi connectivity index (χ1) is 15.3. The van der Waals surface area contributed by atoms with E-state index in [0.717, 1.165) is 10.6 Å². The van der Waals surface area contributed by atoms with Gasteiger partial charge in [-0.15, -0.1) is 0 Å². The molecule has 1 saturated heterocycles. The number of hydrogen-bond donors (Lipinski definition) is 1. The van der Waals surface area contributed by atoms with Crippen molar-refractivity contribution in [3.63, 3.8) is 0 Å². The Balaban J connectivity index is 1.71. The summed E-state index contributed by atoms with van der Waals surface area (Å²) in [7, 11) is -3.74. The fraction of sp³-hybridized carbons (Fsp3) is 0.364. The van der Waals surface area contributed by atoms with E-state index in [-0.39, 0.29) is 5.91 Å². The number of rotatable bonds is 8. The lowest BCUT2D eigenvalue weighted by Gasteiger charge is -2.27. The van der Waals surface area contributed by atoms with Crippen molar-refractivity contribution in [2.45, 2.75) is 6.92 Å². The predicted octanol–water partition coefficient (Wildman–Crippen LogP) is 1.96. The highest BCUT2D eigenvalue weighted by molar-refractivity contribution is 7.92. The summed E-state index contributed by atoms with van der Waals surface area (Å²) in [4.78, 5) is 26.9. The molecule has 0 bridgehead atoms. The summed E-state index contributed by atoms with van der Waals surface area (Å²) < 4.78 is 36.4. The van der Waals surface area contributed by atoms with Crippen molar-refractivity contribution in [2.75, 3.05) is 55.3 Å². The number of anilines is 2. The minimum Gasteiger partial charge on any atom is -0.494 e. The topological polar surface area (TPSA) is 105 Å². The normalized spacial score (nSPS) is 14.0. The Morgan fingerprint density at radius 2 is 1.81 bits per heavy atom. The number of sulfonamides is 1. The largest absolute Gasteiger partial charge is 0.494 e. The average Bonchev–Trinajstić information content (AvgIpc) is 2.77. The third kappa shape index (κ3) is 6.21. The van der Waals surface area contributed by atoms with Crippen molar-refractivity contribution >= 4 is 33.2 Å². The van der Waals surface area contributed by atoms with Crippen LogP contribution in [0, 0.1) is 0 Å². The van der Waals surface area contributed by atoms with Crippen LogP contribution in [0.25, 0.3) is 0 Å². The molecule has 2 amide bonds. The Hall–Kier alpha value is -3.11. The molecule has 0 unspecified atom stereocenters. The number of ether oxygens (including phenoxy) is 2. The Labute approximate surface area is 188 Å². The molecule has 2 aromatic rings. The van der Waals surface area contributed by atoms with Crippen LogP contribution in [0.2, 0.25) is 0 Å². The first-order valence-electron chi connectivity index (χ1n) is 10.3. The maximum Gasteiger partial charge on any atom is 0.254 e. The molecule has 32 heavy (non-hydrogen) atoms. The van der Waals surface area contributed by atoms with Crippen molar-refractivity contribution in [3.05, 3.63) is 54.1 Å². The Morgan fingerprint density at radius 3 is 2.44 bits per heavy atom. The number of nitrogens with one attached hydrogen (secondary N) is 1. The molecule has 1 heterocycles. The molecule has 1 aliphatic heterocycles. The Morgan fingerprint density at radius 1 is 1.12 bits per heavy atom. The van der Waals surface area contributed by atoms with E-state index in [2.05, 4.69) is 5.32 Å². The highest BCUT2D eigenvalue weighted by atomic mass is 32.2. The van der Waals surface area contributed by atoms with Crippen molar-refractivity contribution in [1.29, 1.82) is 0 Å². The standard InChI is InChI=1S/C22H27N3O6S/c1-3-31-20-6-4-5-18(15-20)23-21(26)16-25(32(2,28)29)19-9-7-17(8-10-19)22(27)24-11-13-30-14-12-24/h4-10,15H,3,11-14,16H2,1-2H3,(H,23,26). The quantitative estimate of drug-likeness (QED) is 0.644. The third-order valence-corrected chi connectivity index (χ3v) is 5.96. The molecule has 0 spiro atoms. The summed E-state index contributed by atoms with van der Waals surface area (Å²) in [6.07, 6.45) is 1.03. The van der Waals surface area contributed by atoms with Crippen LogP contribution in [0.5, 0.6) is 5.75 Å². The zero-order valence-electron chi connectivity index (χ0n) is 18.1. The summed E-state index contributed by atoms with van der Waals surface area (Å²) in [5.74, 6) is -0.0407. The van der Waals surface area contributed by atoms with Crippen molar-refractivity contribution < 1.29 is 27.5 Å². The minimum atomic E-state index is -3.74. The minimum absolute atomic E-state index is 0.141. The van der Waals surface area contributed by atoms with Crippen LogP contribution < -0.4 is 14.4 Å². The van der Waals surface area contributed by atoms with E-state index >= 15 is 0 Å². The Bertz CT molecular complexity index is 1050. The number of nitrogens with zero attached hydrogens (tertiary/aromatic N) is 2. The molecule has 0 atom stereocenters. The number of benzene rings is 2. The molecule has 0 saturated carbocycles. The highest BCUT2D eigenvalue weighted by Gasteiger charge is 2.23. The molecular formula is C22H27N3O6S. The van der Waals surface area contributed by atoms with E-state index in [4.69, 9.17) is 9.47 Å². The van der Waals surface area contributed by atoms with Crippen molar-refractivity contribution in [1.82, 2.24) is 4.90 Å². The van der Waals surface area contributed by atoms with Gasteiger partial charge in [0, 0.05) is 30.4 Å². The van der Waals surface area contributed by atoms with Crippen LogP contribution in [-0.2, 0) is 19.6 Å². The fourth-order valence-electron chi connectivity index (χ4n) is 3.28. The van der Waals surface area contributed by atoms with Crippen LogP contribution in [-0.4, -0.2) is 70.8 Å². The molecule has 0 radical (unpaired) electrons. The van der Waals surface area contributed by atoms with Crippen LogP contribution in [0.15, 0.2) is 48.5 Å². The van der Waals surface area contributed by atoms with Gasteiger partial charge in [0.1, 0.15) is 12.3 Å². The van der Waals surface area contributed by atoms with Gasteiger partial charge in [0.2, 0.25) is 15.9 Å². The van der Waals surface area contributed by atoms with Crippen LogP contribution in [0.1, 0.15) is 17.3 Å². The number of hydrogen-bond acceptors (Lipinski definition) is 6. The van der Waals surface area contributed by atoms with Gasteiger partial charge in [-0.05, 0) is 43.3 Å². The van der Waals surface area contributed by atoms with Crippen molar-refractivity contribution in [3.8, 4) is 5.75 Å². The van der Waals surface area contributed by atoms with Gasteiger partial charge in [-0.1, -0.05) is 6.07 Å². The third-order valence-electron chi connectivity index (χ3n) is 4.82. The SMILES string of the molecule is CCOc1cccc(NC(=O)CN(c2ccc(C(=O)N3CCOCC3)cc2)S(C)(=O)=O)c1. The lowest BCUT2D eigenvalue weighted by molar-refractivity contribution is -0.114. The average molecular weight is 462 g/mol. The molecule has 172 valence electrons. The summed E-state index contributed by atoms with van der Waals surface area (Å²) >= 11 is 0. The zero-order chi connectivity index (χ0) is 23.1. The second-order valence-corrected chi connectivity index (χ2v) is 9.14. The summed E-state index contributed by atoms with van der Waals surface area (Å²) in [6, 6.07) is 13.0. The van der Waals surface area contributed by atoms with Gasteiger partial charge in [-0.3, -0.25) is 13.9 Å². The van der Waals surface area contributed by atoms with Crippen molar-refractivity contribution in [2.24, 2.45) is 0 Å². The van der Waals surface area contributed by atoms with Gasteiger partial charge in [0.05, 0.1) is 31.8 Å². The molecule has 1 aliphatic rings. The Kier molecular flexibility index (Phi) is 7.70. The van der Waals surface area contributed by atoms with Gasteiger partial charge in [-0.25, -0.2) is 8.42 Å². The molecule has 0 aromatic heterocycles. The van der Waals surface area contributed by atoms with E-state index in [0.29, 0.717) is 55.6 Å². The van der Waals surface area contributed by atoms with E-state index in [9.17, 15) is 18.0 Å². The molecule has 1 N–H and O–H groups in total. The molecule has 1 fully saturated rings. The maximum atomic E-state index is 12.6. The monoisotopic (exact) mass is 461 g/mol. The molecule has 10 heteroatoms. The van der Waals surface area contributed by atoms with E-state index < -0.39 is 22.5 Å². The van der Waals surface area contributed by atoms with Crippen LogP contribution in [0.4, 0.5) is 11.4 Å². The molecule has 9 nitrogen and oxygen atoms in total. The highest BCUT2D eigenvalue weighted by Crippen LogP contribution is 2.21. The summed E-state index contributed by atoms with van der Waals surface area (Å²) in [5.41, 5.74) is 1.24. The van der Waals surface area contributed by atoms with Crippen LogP contribution >= 0.6 is 0 Å². The van der Waals surface area contributed by atoms with Gasteiger partial charge in [-0.2, -0.15) is 0 Å². The van der Waals surface area contributed by atoms with E-state index in [1.807, 2.05) is 6.92 Å². The summed E-state index contributed by atoms with van der Waals surface area (Å²) in [5, 5.41) is 2.69. The summed E-state index contributed by atoms with van der Waals surface area (Å²) in [6.45, 7) is 3.96. The second kappa shape index (κ2) is 10.5. The number of carbonyl (C=O) groups is 2. The predicted molar refractivity (Wildman–Crippen MR) is 122 cm³/mol. The first kappa shape index (κ1) is 23.6. The van der Waals surface area contributed by atoms with Gasteiger partial charge < -0.3 is 19.7 Å². The molecule has 0 aliphatic carbocycles. The lowest BCUT2D eigenvalue weighted by atomic mass is 10.1. The van der Waals surface area contributed by atoms with Gasteiger partial charge in [0.15, 0.2) is 0 Å². The molecular weight excluding hydrogens is 434 g/mol. The molecule has 2 aromatic carbocycles. The first-order valence-corrected chi connectivity index (χ1v) is 12.1. The van der Waals surface area contributed by atoms with Gasteiger partial charge in [0.25, 0.3) is 5.91 Å². The number of carbonyl (C=O) groups excluding carboxylic acids is 2. The number of amides is 2. The van der Waals surface area contributed by atoms with E-state index in [1.165, 1.54) is 12.1 Å². The zero-order valence-corrected chi connectivity index (χ0v) is 18.9. The van der Waals surface area contributed by atoms with E-state index in [1.54, 1.807) is 41.3 Å². The maximum absolute atomic E-state index is 12.6.